The molecule has 22 heavy (non-hydrogen) atoms. The number of hydrogen-bond donors (Lipinski definition) is 1. The minimum atomic E-state index is -1.07. The van der Waals surface area contributed by atoms with Gasteiger partial charge < -0.3 is 4.90 Å². The van der Waals surface area contributed by atoms with E-state index in [-0.39, 0.29) is 10.8 Å². The van der Waals surface area contributed by atoms with E-state index in [4.69, 9.17) is 0 Å². The van der Waals surface area contributed by atoms with E-state index in [0.717, 1.165) is 30.4 Å². The van der Waals surface area contributed by atoms with Crippen LogP contribution in [0.15, 0.2) is 28.7 Å². The zero-order valence-corrected chi connectivity index (χ0v) is 16.3. The highest BCUT2D eigenvalue weighted by Crippen LogP contribution is 2.35. The van der Waals surface area contributed by atoms with Crippen molar-refractivity contribution in [3.8, 4) is 0 Å². The maximum Gasteiger partial charge on any atom is 0.0976 e. The minimum Gasteiger partial charge on any atom is -0.306 e. The molecule has 124 valence electrons. The van der Waals surface area contributed by atoms with Crippen LogP contribution < -0.4 is 4.72 Å². The van der Waals surface area contributed by atoms with Crippen molar-refractivity contribution in [2.45, 2.75) is 44.4 Å². The molecule has 1 aromatic rings. The first-order valence-corrected chi connectivity index (χ1v) is 9.84. The van der Waals surface area contributed by atoms with Crippen molar-refractivity contribution in [3.05, 3.63) is 34.3 Å². The molecule has 1 aromatic carbocycles. The zero-order chi connectivity index (χ0) is 16.3. The summed E-state index contributed by atoms with van der Waals surface area (Å²) >= 11 is 3.67. The molecule has 1 heterocycles. The fourth-order valence-corrected chi connectivity index (χ4v) is 4.23. The van der Waals surface area contributed by atoms with E-state index in [0.29, 0.717) is 5.92 Å². The van der Waals surface area contributed by atoms with Crippen LogP contribution in [0.25, 0.3) is 0 Å². The van der Waals surface area contributed by atoms with Gasteiger partial charge in [-0.25, -0.2) is 8.93 Å². The van der Waals surface area contributed by atoms with Gasteiger partial charge in [-0.2, -0.15) is 0 Å². The Morgan fingerprint density at radius 2 is 1.86 bits per heavy atom. The molecule has 2 atom stereocenters. The third-order valence-corrected chi connectivity index (χ3v) is 6.57. The van der Waals surface area contributed by atoms with Crippen molar-refractivity contribution in [2.24, 2.45) is 5.92 Å². The molecule has 0 saturated carbocycles. The summed E-state index contributed by atoms with van der Waals surface area (Å²) in [5.41, 5.74) is 1.22. The standard InChI is InChI=1S/C17H27BrN2OS/c1-17(2,3)22(21)19-16(13-9-11-20(4)12-10-13)14-7-5-6-8-15(14)18/h5-8,13,16,19H,9-12H2,1-4H3. The van der Waals surface area contributed by atoms with Crippen LogP contribution in [0.2, 0.25) is 0 Å². The van der Waals surface area contributed by atoms with Crippen LogP contribution in [-0.2, 0) is 11.0 Å². The van der Waals surface area contributed by atoms with E-state index in [9.17, 15) is 4.21 Å². The number of piperidine rings is 1. The molecule has 1 saturated heterocycles. The van der Waals surface area contributed by atoms with Crippen LogP contribution in [0, 0.1) is 5.92 Å². The summed E-state index contributed by atoms with van der Waals surface area (Å²) in [6, 6.07) is 8.42. The lowest BCUT2D eigenvalue weighted by atomic mass is 9.86. The van der Waals surface area contributed by atoms with Crippen LogP contribution in [-0.4, -0.2) is 34.0 Å². The SMILES string of the molecule is CN1CCC(C(NS(=O)C(C)(C)C)c2ccccc2Br)CC1. The predicted octanol–water partition coefficient (Wildman–Crippen LogP) is 3.88. The lowest BCUT2D eigenvalue weighted by Gasteiger charge is -2.36. The van der Waals surface area contributed by atoms with Gasteiger partial charge in [0, 0.05) is 10.5 Å². The molecular formula is C17H27BrN2OS. The highest BCUT2D eigenvalue weighted by atomic mass is 79.9. The second kappa shape index (κ2) is 7.56. The number of hydrogen-bond acceptors (Lipinski definition) is 2. The molecule has 1 aliphatic heterocycles. The molecule has 5 heteroatoms. The largest absolute Gasteiger partial charge is 0.306 e. The Labute approximate surface area is 145 Å². The highest BCUT2D eigenvalue weighted by Gasteiger charge is 2.31. The Kier molecular flexibility index (Phi) is 6.22. The number of halogens is 1. The van der Waals surface area contributed by atoms with Crippen molar-refractivity contribution in [2.75, 3.05) is 20.1 Å². The number of likely N-dealkylation sites (tertiary alicyclic amines) is 1. The Morgan fingerprint density at radius 1 is 1.27 bits per heavy atom. The smallest absolute Gasteiger partial charge is 0.0976 e. The second-order valence-electron chi connectivity index (χ2n) is 7.14. The van der Waals surface area contributed by atoms with E-state index in [1.165, 1.54) is 5.56 Å². The summed E-state index contributed by atoms with van der Waals surface area (Å²) in [7, 11) is 1.10. The fraction of sp³-hybridized carbons (Fsp3) is 0.647. The molecule has 0 aromatic heterocycles. The zero-order valence-electron chi connectivity index (χ0n) is 13.9. The highest BCUT2D eigenvalue weighted by molar-refractivity contribution is 9.10. The maximum atomic E-state index is 12.6. The second-order valence-corrected chi connectivity index (χ2v) is 9.99. The van der Waals surface area contributed by atoms with Crippen LogP contribution in [0.5, 0.6) is 0 Å². The molecule has 3 nitrogen and oxygen atoms in total. The summed E-state index contributed by atoms with van der Waals surface area (Å²) in [5.74, 6) is 0.515. The van der Waals surface area contributed by atoms with Gasteiger partial charge in [-0.15, -0.1) is 0 Å². The van der Waals surface area contributed by atoms with Crippen LogP contribution >= 0.6 is 15.9 Å². The minimum absolute atomic E-state index is 0.129. The fourth-order valence-electron chi connectivity index (χ4n) is 2.79. The van der Waals surface area contributed by atoms with Gasteiger partial charge in [-0.3, -0.25) is 0 Å². The molecule has 2 rings (SSSR count). The average Bonchev–Trinajstić information content (AvgIpc) is 2.45. The Hall–Kier alpha value is -0.230. The first-order chi connectivity index (χ1) is 10.3. The molecule has 1 aliphatic rings. The molecule has 0 bridgehead atoms. The first kappa shape index (κ1) is 18.1. The topological polar surface area (TPSA) is 32.3 Å². The van der Waals surface area contributed by atoms with E-state index in [1.54, 1.807) is 0 Å². The quantitative estimate of drug-likeness (QED) is 0.850. The van der Waals surface area contributed by atoms with Crippen molar-refractivity contribution in [1.29, 1.82) is 0 Å². The van der Waals surface area contributed by atoms with E-state index < -0.39 is 11.0 Å². The summed E-state index contributed by atoms with van der Waals surface area (Å²) in [6.45, 7) is 8.26. The lowest BCUT2D eigenvalue weighted by molar-refractivity contribution is 0.194. The summed E-state index contributed by atoms with van der Waals surface area (Å²) in [4.78, 5) is 2.37. The van der Waals surface area contributed by atoms with Crippen molar-refractivity contribution >= 4 is 26.9 Å². The Morgan fingerprint density at radius 3 is 2.41 bits per heavy atom. The lowest BCUT2D eigenvalue weighted by Crippen LogP contribution is -2.42. The molecule has 0 amide bonds. The monoisotopic (exact) mass is 386 g/mol. The third-order valence-electron chi connectivity index (χ3n) is 4.27. The summed E-state index contributed by atoms with van der Waals surface area (Å²) in [6.07, 6.45) is 2.27. The van der Waals surface area contributed by atoms with Gasteiger partial charge in [-0.1, -0.05) is 34.1 Å². The van der Waals surface area contributed by atoms with Gasteiger partial charge in [-0.05, 0) is 71.3 Å². The maximum absolute atomic E-state index is 12.6. The van der Waals surface area contributed by atoms with E-state index in [2.05, 4.69) is 50.8 Å². The number of rotatable bonds is 4. The summed E-state index contributed by atoms with van der Waals surface area (Å²) in [5, 5.41) is 0. The molecule has 0 radical (unpaired) electrons. The average molecular weight is 387 g/mol. The molecule has 1 fully saturated rings. The number of benzene rings is 1. The molecule has 0 spiro atoms. The van der Waals surface area contributed by atoms with Crippen LogP contribution in [0.4, 0.5) is 0 Å². The van der Waals surface area contributed by atoms with Gasteiger partial charge in [0.05, 0.1) is 15.7 Å². The van der Waals surface area contributed by atoms with E-state index in [1.807, 2.05) is 26.8 Å². The van der Waals surface area contributed by atoms with Crippen LogP contribution in [0.1, 0.15) is 45.2 Å². The number of nitrogens with zero attached hydrogens (tertiary/aromatic N) is 1. The molecular weight excluding hydrogens is 360 g/mol. The molecule has 0 aliphatic carbocycles. The van der Waals surface area contributed by atoms with Gasteiger partial charge in [0.2, 0.25) is 0 Å². The van der Waals surface area contributed by atoms with Gasteiger partial charge in [0.15, 0.2) is 0 Å². The van der Waals surface area contributed by atoms with Crippen LogP contribution in [0.3, 0.4) is 0 Å². The molecule has 2 unspecified atom stereocenters. The van der Waals surface area contributed by atoms with Crippen molar-refractivity contribution in [1.82, 2.24) is 9.62 Å². The van der Waals surface area contributed by atoms with Gasteiger partial charge >= 0.3 is 0 Å². The van der Waals surface area contributed by atoms with Gasteiger partial charge in [0.1, 0.15) is 0 Å². The summed E-state index contributed by atoms with van der Waals surface area (Å²) < 4.78 is 16.9. The normalized spacial score (nSPS) is 20.8. The number of nitrogens with one attached hydrogen (secondary N) is 1. The molecule has 1 N–H and O–H groups in total. The van der Waals surface area contributed by atoms with E-state index >= 15 is 0 Å². The Balaban J connectivity index is 2.25. The van der Waals surface area contributed by atoms with Crippen molar-refractivity contribution in [3.63, 3.8) is 0 Å². The van der Waals surface area contributed by atoms with Crippen molar-refractivity contribution < 1.29 is 4.21 Å². The predicted molar refractivity (Wildman–Crippen MR) is 98.1 cm³/mol. The third kappa shape index (κ3) is 4.63. The first-order valence-electron chi connectivity index (χ1n) is 7.90. The Bertz CT molecular complexity index is 522. The van der Waals surface area contributed by atoms with Gasteiger partial charge in [0.25, 0.3) is 0 Å².